The van der Waals surface area contributed by atoms with Gasteiger partial charge in [0.1, 0.15) is 0 Å². The molecule has 2 aromatic rings. The fourth-order valence-corrected chi connectivity index (χ4v) is 6.24. The Labute approximate surface area is 198 Å². The van der Waals surface area contributed by atoms with Crippen molar-refractivity contribution >= 4 is 5.91 Å². The van der Waals surface area contributed by atoms with Crippen LogP contribution in [0.15, 0.2) is 48.5 Å². The number of fused-ring (bicyclic) bond motifs is 1. The fourth-order valence-electron chi connectivity index (χ4n) is 6.24. The molecule has 1 saturated carbocycles. The monoisotopic (exact) mass is 446 g/mol. The van der Waals surface area contributed by atoms with E-state index in [9.17, 15) is 4.79 Å². The van der Waals surface area contributed by atoms with Crippen LogP contribution in [0.1, 0.15) is 57.1 Å². The fraction of sp³-hybridized carbons (Fsp3) is 0.552. The molecule has 4 nitrogen and oxygen atoms in total. The number of amides is 1. The zero-order valence-electron chi connectivity index (χ0n) is 20.2. The lowest BCUT2D eigenvalue weighted by Gasteiger charge is -2.40. The topological polar surface area (TPSA) is 41.6 Å². The zero-order chi connectivity index (χ0) is 22.8. The minimum absolute atomic E-state index is 0.239. The van der Waals surface area contributed by atoms with Gasteiger partial charge >= 0.3 is 0 Å². The van der Waals surface area contributed by atoms with Gasteiger partial charge in [0, 0.05) is 38.4 Å². The average Bonchev–Trinajstić information content (AvgIpc) is 3.29. The minimum atomic E-state index is -0.239. The Morgan fingerprint density at radius 3 is 2.55 bits per heavy atom. The van der Waals surface area contributed by atoms with Crippen LogP contribution in [-0.2, 0) is 22.5 Å². The number of hydrogen-bond donors (Lipinski definition) is 1. The van der Waals surface area contributed by atoms with E-state index in [0.29, 0.717) is 23.9 Å². The third-order valence-electron chi connectivity index (χ3n) is 8.39. The van der Waals surface area contributed by atoms with Crippen LogP contribution in [0.3, 0.4) is 0 Å². The lowest BCUT2D eigenvalue weighted by atomic mass is 9.73. The molecule has 3 aliphatic rings. The van der Waals surface area contributed by atoms with Crippen LogP contribution >= 0.6 is 0 Å². The van der Waals surface area contributed by atoms with Gasteiger partial charge in [-0.3, -0.25) is 4.79 Å². The van der Waals surface area contributed by atoms with E-state index in [-0.39, 0.29) is 5.41 Å². The molecule has 1 saturated heterocycles. The molecule has 176 valence electrons. The highest BCUT2D eigenvalue weighted by molar-refractivity contribution is 5.84. The van der Waals surface area contributed by atoms with Crippen molar-refractivity contribution in [2.45, 2.75) is 71.0 Å². The molecule has 1 aliphatic carbocycles. The predicted molar refractivity (Wildman–Crippen MR) is 133 cm³/mol. The molecule has 5 rings (SSSR count). The van der Waals surface area contributed by atoms with Crippen molar-refractivity contribution in [1.29, 1.82) is 0 Å². The number of carbonyl (C=O) groups excluding carboxylic acids is 1. The number of nitrogens with one attached hydrogen (secondary N) is 1. The zero-order valence-corrected chi connectivity index (χ0v) is 20.2. The lowest BCUT2D eigenvalue weighted by molar-refractivity contribution is -0.145. The Bertz CT molecular complexity index is 967. The van der Waals surface area contributed by atoms with Gasteiger partial charge in [0.2, 0.25) is 5.91 Å². The predicted octanol–water partition coefficient (Wildman–Crippen LogP) is 5.20. The summed E-state index contributed by atoms with van der Waals surface area (Å²) >= 11 is 0. The Morgan fingerprint density at radius 1 is 1.00 bits per heavy atom. The van der Waals surface area contributed by atoms with Crippen molar-refractivity contribution in [2.24, 2.45) is 11.3 Å². The maximum Gasteiger partial charge on any atom is 0.229 e. The largest absolute Gasteiger partial charge is 0.381 e. The lowest BCUT2D eigenvalue weighted by Crippen LogP contribution is -2.48. The summed E-state index contributed by atoms with van der Waals surface area (Å²) < 4.78 is 5.53. The van der Waals surface area contributed by atoms with Gasteiger partial charge < -0.3 is 15.0 Å². The summed E-state index contributed by atoms with van der Waals surface area (Å²) in [6.45, 7) is 7.79. The van der Waals surface area contributed by atoms with Gasteiger partial charge in [-0.1, -0.05) is 56.3 Å². The molecule has 4 heteroatoms. The van der Waals surface area contributed by atoms with Crippen LogP contribution in [0.25, 0.3) is 11.1 Å². The molecule has 1 amide bonds. The van der Waals surface area contributed by atoms with E-state index in [2.05, 4.69) is 72.6 Å². The van der Waals surface area contributed by atoms with E-state index in [1.54, 1.807) is 0 Å². The van der Waals surface area contributed by atoms with E-state index in [1.807, 2.05) is 0 Å². The Kier molecular flexibility index (Phi) is 6.58. The minimum Gasteiger partial charge on any atom is -0.381 e. The Morgan fingerprint density at radius 2 is 1.79 bits per heavy atom. The van der Waals surface area contributed by atoms with Crippen LogP contribution in [0.4, 0.5) is 0 Å². The number of hydrogen-bond acceptors (Lipinski definition) is 3. The second-order valence-corrected chi connectivity index (χ2v) is 10.6. The summed E-state index contributed by atoms with van der Waals surface area (Å²) in [5, 5.41) is 3.88. The second-order valence-electron chi connectivity index (χ2n) is 10.6. The van der Waals surface area contributed by atoms with E-state index >= 15 is 0 Å². The van der Waals surface area contributed by atoms with Crippen LogP contribution in [-0.4, -0.2) is 42.6 Å². The van der Waals surface area contributed by atoms with Crippen molar-refractivity contribution in [3.63, 3.8) is 0 Å². The maximum absolute atomic E-state index is 14.0. The molecule has 0 aromatic heterocycles. The highest BCUT2D eigenvalue weighted by Gasteiger charge is 2.49. The van der Waals surface area contributed by atoms with E-state index in [0.717, 1.165) is 64.8 Å². The number of benzene rings is 2. The number of ether oxygens (including phenoxy) is 1. The van der Waals surface area contributed by atoms with Gasteiger partial charge in [-0.2, -0.15) is 0 Å². The van der Waals surface area contributed by atoms with Crippen molar-refractivity contribution in [1.82, 2.24) is 10.2 Å². The summed E-state index contributed by atoms with van der Waals surface area (Å²) in [5.41, 5.74) is 4.94. The summed E-state index contributed by atoms with van der Waals surface area (Å²) in [4.78, 5) is 16.2. The highest BCUT2D eigenvalue weighted by atomic mass is 16.5. The van der Waals surface area contributed by atoms with Crippen LogP contribution in [0.5, 0.6) is 0 Å². The van der Waals surface area contributed by atoms with Crippen molar-refractivity contribution < 1.29 is 9.53 Å². The first-order chi connectivity index (χ1) is 16.0. The first kappa shape index (κ1) is 22.6. The van der Waals surface area contributed by atoms with Crippen LogP contribution < -0.4 is 5.32 Å². The first-order valence-electron chi connectivity index (χ1n) is 12.9. The molecule has 1 N–H and O–H groups in total. The normalized spacial score (nSPS) is 25.9. The number of carbonyl (C=O) groups is 1. The van der Waals surface area contributed by atoms with E-state index in [1.165, 1.54) is 22.3 Å². The van der Waals surface area contributed by atoms with Crippen molar-refractivity contribution in [3.05, 3.63) is 59.7 Å². The maximum atomic E-state index is 14.0. The number of nitrogens with zero attached hydrogens (tertiary/aromatic N) is 1. The molecular formula is C29H38N2O2. The Hall–Kier alpha value is -2.17. The molecule has 2 aromatic carbocycles. The van der Waals surface area contributed by atoms with Gasteiger partial charge in [-0.15, -0.1) is 0 Å². The average molecular weight is 447 g/mol. The number of rotatable bonds is 5. The molecule has 2 aliphatic heterocycles. The molecule has 1 unspecified atom stereocenters. The summed E-state index contributed by atoms with van der Waals surface area (Å²) in [6, 6.07) is 18.3. The van der Waals surface area contributed by atoms with Gasteiger partial charge in [-0.25, -0.2) is 0 Å². The SMILES string of the molecule is CC(C)[C@]1(C(=O)N2CCc3ccc(-c4ccccc4)cc3C2)CCC(NC2CCOCC2)C1. The molecular weight excluding hydrogens is 408 g/mol. The van der Waals surface area contributed by atoms with Gasteiger partial charge in [0.05, 0.1) is 5.41 Å². The van der Waals surface area contributed by atoms with Gasteiger partial charge in [-0.05, 0) is 72.8 Å². The van der Waals surface area contributed by atoms with E-state index in [4.69, 9.17) is 4.74 Å². The third-order valence-corrected chi connectivity index (χ3v) is 8.39. The summed E-state index contributed by atoms with van der Waals surface area (Å²) in [5.74, 6) is 0.730. The molecule has 33 heavy (non-hydrogen) atoms. The third kappa shape index (κ3) is 4.61. The summed E-state index contributed by atoms with van der Waals surface area (Å²) in [6.07, 6.45) is 6.20. The molecule has 0 radical (unpaired) electrons. The van der Waals surface area contributed by atoms with Crippen LogP contribution in [0, 0.1) is 11.3 Å². The quantitative estimate of drug-likeness (QED) is 0.686. The van der Waals surface area contributed by atoms with Crippen molar-refractivity contribution in [3.8, 4) is 11.1 Å². The van der Waals surface area contributed by atoms with Crippen LogP contribution in [0.2, 0.25) is 0 Å². The summed E-state index contributed by atoms with van der Waals surface area (Å²) in [7, 11) is 0. The highest BCUT2D eigenvalue weighted by Crippen LogP contribution is 2.46. The molecule has 0 bridgehead atoms. The van der Waals surface area contributed by atoms with E-state index < -0.39 is 0 Å². The molecule has 2 atom stereocenters. The molecule has 2 fully saturated rings. The van der Waals surface area contributed by atoms with Crippen molar-refractivity contribution in [2.75, 3.05) is 19.8 Å². The standard InChI is InChI=1S/C29H38N2O2/c1-21(2)29(14-10-27(19-29)30-26-12-16-33-17-13-26)28(32)31-15-11-23-8-9-24(18-25(23)20-31)22-6-4-3-5-7-22/h3-9,18,21,26-27,30H,10-17,19-20H2,1-2H3/t27?,29-/m0/s1. The molecule has 2 heterocycles. The Balaban J connectivity index is 1.31. The second kappa shape index (κ2) is 9.60. The molecule has 0 spiro atoms. The smallest absolute Gasteiger partial charge is 0.229 e. The van der Waals surface area contributed by atoms with Gasteiger partial charge in [0.25, 0.3) is 0 Å². The van der Waals surface area contributed by atoms with Gasteiger partial charge in [0.15, 0.2) is 0 Å². The first-order valence-corrected chi connectivity index (χ1v) is 12.9.